The maximum Gasteiger partial charge on any atom is 0.123 e. The third kappa shape index (κ3) is 2.73. The number of ether oxygens (including phenoxy) is 1. The van der Waals surface area contributed by atoms with Gasteiger partial charge in [-0.25, -0.2) is 4.39 Å². The van der Waals surface area contributed by atoms with Crippen molar-refractivity contribution in [1.82, 2.24) is 0 Å². The van der Waals surface area contributed by atoms with Gasteiger partial charge in [-0.2, -0.15) is 0 Å². The highest BCUT2D eigenvalue weighted by Crippen LogP contribution is 2.15. The van der Waals surface area contributed by atoms with E-state index in [2.05, 4.69) is 0 Å². The van der Waals surface area contributed by atoms with Crippen LogP contribution in [0.25, 0.3) is 0 Å². The molecule has 16 heavy (non-hydrogen) atoms. The topological polar surface area (TPSA) is 29.5 Å². The van der Waals surface area contributed by atoms with Gasteiger partial charge in [0.05, 0.1) is 0 Å². The van der Waals surface area contributed by atoms with Gasteiger partial charge in [0.2, 0.25) is 0 Å². The Morgan fingerprint density at radius 3 is 2.50 bits per heavy atom. The van der Waals surface area contributed by atoms with Crippen LogP contribution in [0.3, 0.4) is 0 Å². The summed E-state index contributed by atoms with van der Waals surface area (Å²) in [6, 6.07) is 12.7. The first-order chi connectivity index (χ1) is 7.74. The van der Waals surface area contributed by atoms with E-state index in [0.717, 1.165) is 5.56 Å². The summed E-state index contributed by atoms with van der Waals surface area (Å²) in [4.78, 5) is 0. The van der Waals surface area contributed by atoms with Crippen LogP contribution in [0.1, 0.15) is 5.56 Å². The molecule has 0 atom stereocenters. The quantitative estimate of drug-likeness (QED) is 0.857. The van der Waals surface area contributed by atoms with Crippen LogP contribution < -0.4 is 4.74 Å². The Balaban J connectivity index is 1.99. The minimum absolute atomic E-state index is 0.209. The molecule has 3 heteroatoms. The molecule has 0 aliphatic rings. The van der Waals surface area contributed by atoms with Crippen LogP contribution in [0, 0.1) is 5.82 Å². The molecule has 0 spiro atoms. The highest BCUT2D eigenvalue weighted by atomic mass is 19.1. The summed E-state index contributed by atoms with van der Waals surface area (Å²) in [6.07, 6.45) is 0. The van der Waals surface area contributed by atoms with Crippen LogP contribution in [-0.2, 0) is 6.61 Å². The van der Waals surface area contributed by atoms with Gasteiger partial charge in [-0.3, -0.25) is 0 Å². The molecular formula is C13H11FO2. The fourth-order valence-electron chi connectivity index (χ4n) is 1.34. The van der Waals surface area contributed by atoms with Gasteiger partial charge in [-0.15, -0.1) is 0 Å². The molecular weight excluding hydrogens is 207 g/mol. The fourth-order valence-corrected chi connectivity index (χ4v) is 1.34. The predicted molar refractivity (Wildman–Crippen MR) is 58.8 cm³/mol. The maximum atomic E-state index is 12.6. The number of rotatable bonds is 3. The third-order valence-corrected chi connectivity index (χ3v) is 2.13. The van der Waals surface area contributed by atoms with Crippen molar-refractivity contribution in [3.05, 3.63) is 59.9 Å². The summed E-state index contributed by atoms with van der Waals surface area (Å²) in [5.74, 6) is 0.523. The molecule has 2 aromatic carbocycles. The lowest BCUT2D eigenvalue weighted by Gasteiger charge is -2.06. The standard InChI is InChI=1S/C13H11FO2/c14-11-4-6-13(7-5-11)16-9-10-2-1-3-12(15)8-10/h1-8,15H,9H2. The largest absolute Gasteiger partial charge is 0.508 e. The second-order valence-electron chi connectivity index (χ2n) is 3.41. The van der Waals surface area contributed by atoms with Gasteiger partial charge in [-0.05, 0) is 42.0 Å². The molecule has 0 amide bonds. The number of hydrogen-bond acceptors (Lipinski definition) is 2. The number of phenolic OH excluding ortho intramolecular Hbond substituents is 1. The average Bonchev–Trinajstić information content (AvgIpc) is 2.28. The lowest BCUT2D eigenvalue weighted by molar-refractivity contribution is 0.305. The van der Waals surface area contributed by atoms with Crippen LogP contribution in [0.4, 0.5) is 4.39 Å². The Labute approximate surface area is 92.9 Å². The minimum Gasteiger partial charge on any atom is -0.508 e. The second-order valence-corrected chi connectivity index (χ2v) is 3.41. The SMILES string of the molecule is Oc1cccc(COc2ccc(F)cc2)c1. The third-order valence-electron chi connectivity index (χ3n) is 2.13. The molecule has 82 valence electrons. The van der Waals surface area contributed by atoms with Gasteiger partial charge in [0.1, 0.15) is 23.9 Å². The molecule has 0 saturated heterocycles. The smallest absolute Gasteiger partial charge is 0.123 e. The minimum atomic E-state index is -0.287. The molecule has 2 rings (SSSR count). The van der Waals surface area contributed by atoms with Crippen molar-refractivity contribution >= 4 is 0 Å². The zero-order valence-electron chi connectivity index (χ0n) is 8.56. The summed E-state index contributed by atoms with van der Waals surface area (Å²) in [7, 11) is 0. The van der Waals surface area contributed by atoms with Crippen molar-refractivity contribution in [2.24, 2.45) is 0 Å². The van der Waals surface area contributed by atoms with Crippen LogP contribution >= 0.6 is 0 Å². The number of benzene rings is 2. The summed E-state index contributed by atoms with van der Waals surface area (Å²) < 4.78 is 18.0. The van der Waals surface area contributed by atoms with E-state index >= 15 is 0 Å². The van der Waals surface area contributed by atoms with E-state index in [0.29, 0.717) is 12.4 Å². The van der Waals surface area contributed by atoms with Crippen molar-refractivity contribution in [3.63, 3.8) is 0 Å². The first kappa shape index (κ1) is 10.5. The highest BCUT2D eigenvalue weighted by Gasteiger charge is 1.97. The normalized spacial score (nSPS) is 10.1. The first-order valence-electron chi connectivity index (χ1n) is 4.90. The fraction of sp³-hybridized carbons (Fsp3) is 0.0769. The number of aromatic hydroxyl groups is 1. The summed E-state index contributed by atoms with van der Waals surface area (Å²) >= 11 is 0. The van der Waals surface area contributed by atoms with E-state index in [1.54, 1.807) is 30.3 Å². The molecule has 2 nitrogen and oxygen atoms in total. The summed E-state index contributed by atoms with van der Waals surface area (Å²) in [6.45, 7) is 0.347. The Bertz CT molecular complexity index is 466. The molecule has 0 saturated carbocycles. The van der Waals surface area contributed by atoms with Crippen molar-refractivity contribution < 1.29 is 14.2 Å². The van der Waals surface area contributed by atoms with Gasteiger partial charge in [0.15, 0.2) is 0 Å². The Hall–Kier alpha value is -2.03. The van der Waals surface area contributed by atoms with E-state index < -0.39 is 0 Å². The van der Waals surface area contributed by atoms with E-state index in [9.17, 15) is 9.50 Å². The summed E-state index contributed by atoms with van der Waals surface area (Å²) in [5.41, 5.74) is 0.865. The van der Waals surface area contributed by atoms with Crippen LogP contribution in [0.15, 0.2) is 48.5 Å². The molecule has 0 aromatic heterocycles. The van der Waals surface area contributed by atoms with E-state index in [1.807, 2.05) is 6.07 Å². The van der Waals surface area contributed by atoms with Crippen molar-refractivity contribution in [1.29, 1.82) is 0 Å². The molecule has 0 unspecified atom stereocenters. The van der Waals surface area contributed by atoms with Crippen molar-refractivity contribution in [2.45, 2.75) is 6.61 Å². The van der Waals surface area contributed by atoms with E-state index in [4.69, 9.17) is 4.74 Å². The molecule has 0 aliphatic carbocycles. The Kier molecular flexibility index (Phi) is 3.05. The Morgan fingerprint density at radius 1 is 1.06 bits per heavy atom. The molecule has 0 radical (unpaired) electrons. The number of hydrogen-bond donors (Lipinski definition) is 1. The molecule has 1 N–H and O–H groups in total. The van der Waals surface area contributed by atoms with Crippen molar-refractivity contribution in [2.75, 3.05) is 0 Å². The monoisotopic (exact) mass is 218 g/mol. The molecule has 0 aliphatic heterocycles. The van der Waals surface area contributed by atoms with Gasteiger partial charge in [0.25, 0.3) is 0 Å². The average molecular weight is 218 g/mol. The summed E-state index contributed by atoms with van der Waals surface area (Å²) in [5, 5.41) is 9.24. The van der Waals surface area contributed by atoms with Gasteiger partial charge < -0.3 is 9.84 Å². The van der Waals surface area contributed by atoms with Crippen LogP contribution in [0.2, 0.25) is 0 Å². The number of phenols is 1. The maximum absolute atomic E-state index is 12.6. The van der Waals surface area contributed by atoms with Crippen LogP contribution in [0.5, 0.6) is 11.5 Å². The molecule has 0 bridgehead atoms. The molecule has 0 fully saturated rings. The highest BCUT2D eigenvalue weighted by molar-refractivity contribution is 5.28. The van der Waals surface area contributed by atoms with E-state index in [-0.39, 0.29) is 11.6 Å². The Morgan fingerprint density at radius 2 is 1.81 bits per heavy atom. The van der Waals surface area contributed by atoms with Gasteiger partial charge >= 0.3 is 0 Å². The predicted octanol–water partition coefficient (Wildman–Crippen LogP) is 3.11. The van der Waals surface area contributed by atoms with Gasteiger partial charge in [-0.1, -0.05) is 12.1 Å². The van der Waals surface area contributed by atoms with Gasteiger partial charge in [0, 0.05) is 0 Å². The second kappa shape index (κ2) is 4.66. The zero-order valence-corrected chi connectivity index (χ0v) is 8.56. The lowest BCUT2D eigenvalue weighted by Crippen LogP contribution is -1.94. The van der Waals surface area contributed by atoms with E-state index in [1.165, 1.54) is 12.1 Å². The van der Waals surface area contributed by atoms with Crippen LogP contribution in [-0.4, -0.2) is 5.11 Å². The number of halogens is 1. The lowest BCUT2D eigenvalue weighted by atomic mass is 10.2. The molecule has 2 aromatic rings. The molecule has 0 heterocycles. The van der Waals surface area contributed by atoms with Crippen molar-refractivity contribution in [3.8, 4) is 11.5 Å². The zero-order chi connectivity index (χ0) is 11.4. The first-order valence-corrected chi connectivity index (χ1v) is 4.90.